The first-order chi connectivity index (χ1) is 11.2. The molecule has 5 nitrogen and oxygen atoms in total. The van der Waals surface area contributed by atoms with Crippen LogP contribution in [0.1, 0.15) is 24.8 Å². The molecule has 5 heteroatoms. The van der Waals surface area contributed by atoms with Gasteiger partial charge in [-0.15, -0.1) is 0 Å². The van der Waals surface area contributed by atoms with Crippen molar-refractivity contribution in [1.82, 2.24) is 14.5 Å². The van der Waals surface area contributed by atoms with Gasteiger partial charge in [0.05, 0.1) is 32.5 Å². The van der Waals surface area contributed by atoms with Gasteiger partial charge in [-0.25, -0.2) is 4.98 Å². The molecule has 3 aromatic rings. The first-order valence-electron chi connectivity index (χ1n) is 8.53. The Bertz CT molecular complexity index is 902. The molecule has 0 unspecified atom stereocenters. The normalized spacial score (nSPS) is 16.4. The number of rotatable bonds is 3. The summed E-state index contributed by atoms with van der Waals surface area (Å²) in [6.07, 6.45) is 5.68. The lowest BCUT2D eigenvalue weighted by atomic mass is 10.1. The number of aryl methyl sites for hydroxylation is 1. The maximum absolute atomic E-state index is 12.7. The number of H-pyrrole nitrogens is 1. The summed E-state index contributed by atoms with van der Waals surface area (Å²) >= 11 is 0. The van der Waals surface area contributed by atoms with Crippen LogP contribution in [0, 0.1) is 6.92 Å². The van der Waals surface area contributed by atoms with Gasteiger partial charge < -0.3 is 9.88 Å². The van der Waals surface area contributed by atoms with E-state index < -0.39 is 0 Å². The SMILES string of the molecule is Cc1ccc2c(c1)[nH]c1c(=O)n(CC[NH+]3CCCCC3)cnc12. The van der Waals surface area contributed by atoms with Gasteiger partial charge in [0.1, 0.15) is 11.0 Å². The second-order valence-electron chi connectivity index (χ2n) is 6.70. The molecule has 2 aromatic heterocycles. The Kier molecular flexibility index (Phi) is 3.65. The smallest absolute Gasteiger partial charge is 0.277 e. The number of likely N-dealkylation sites (tertiary alicyclic amines) is 1. The van der Waals surface area contributed by atoms with E-state index in [-0.39, 0.29) is 5.56 Å². The van der Waals surface area contributed by atoms with Crippen molar-refractivity contribution in [3.8, 4) is 0 Å². The fraction of sp³-hybridized carbons (Fsp3) is 0.444. The number of hydrogen-bond donors (Lipinski definition) is 2. The minimum absolute atomic E-state index is 0.0419. The topological polar surface area (TPSA) is 55.1 Å². The van der Waals surface area contributed by atoms with Crippen molar-refractivity contribution < 1.29 is 4.90 Å². The Morgan fingerprint density at radius 1 is 1.26 bits per heavy atom. The maximum Gasteiger partial charge on any atom is 0.277 e. The molecule has 120 valence electrons. The van der Waals surface area contributed by atoms with Crippen LogP contribution in [0.25, 0.3) is 21.9 Å². The number of aromatic nitrogens is 3. The molecular formula is C18H23N4O+. The monoisotopic (exact) mass is 311 g/mol. The molecule has 0 bridgehead atoms. The highest BCUT2D eigenvalue weighted by molar-refractivity contribution is 6.04. The summed E-state index contributed by atoms with van der Waals surface area (Å²) in [7, 11) is 0. The van der Waals surface area contributed by atoms with E-state index in [0.717, 1.165) is 29.5 Å². The van der Waals surface area contributed by atoms with E-state index in [0.29, 0.717) is 5.52 Å². The zero-order valence-electron chi connectivity index (χ0n) is 13.6. The molecule has 0 atom stereocenters. The number of aromatic amines is 1. The van der Waals surface area contributed by atoms with Gasteiger partial charge in [0.25, 0.3) is 5.56 Å². The first kappa shape index (κ1) is 14.5. The Morgan fingerprint density at radius 2 is 2.09 bits per heavy atom. The lowest BCUT2D eigenvalue weighted by Gasteiger charge is -2.23. The number of fused-ring (bicyclic) bond motifs is 3. The van der Waals surface area contributed by atoms with Crippen molar-refractivity contribution in [2.24, 2.45) is 0 Å². The molecular weight excluding hydrogens is 288 g/mol. The highest BCUT2D eigenvalue weighted by atomic mass is 16.1. The summed E-state index contributed by atoms with van der Waals surface area (Å²) in [6.45, 7) is 6.27. The van der Waals surface area contributed by atoms with Crippen molar-refractivity contribution in [1.29, 1.82) is 0 Å². The quantitative estimate of drug-likeness (QED) is 0.765. The fourth-order valence-electron chi connectivity index (χ4n) is 3.65. The van der Waals surface area contributed by atoms with E-state index in [1.165, 1.54) is 37.9 Å². The molecule has 0 amide bonds. The van der Waals surface area contributed by atoms with E-state index in [1.807, 2.05) is 6.07 Å². The molecule has 0 radical (unpaired) electrons. The van der Waals surface area contributed by atoms with Crippen LogP contribution in [0.5, 0.6) is 0 Å². The van der Waals surface area contributed by atoms with E-state index in [2.05, 4.69) is 29.0 Å². The van der Waals surface area contributed by atoms with Gasteiger partial charge in [0.2, 0.25) is 0 Å². The zero-order valence-corrected chi connectivity index (χ0v) is 13.6. The first-order valence-corrected chi connectivity index (χ1v) is 8.53. The van der Waals surface area contributed by atoms with Gasteiger partial charge in [0.15, 0.2) is 0 Å². The summed E-state index contributed by atoms with van der Waals surface area (Å²) < 4.78 is 1.76. The van der Waals surface area contributed by atoms with Gasteiger partial charge in [0, 0.05) is 10.9 Å². The van der Waals surface area contributed by atoms with Gasteiger partial charge in [-0.3, -0.25) is 9.36 Å². The van der Waals surface area contributed by atoms with Crippen molar-refractivity contribution in [2.75, 3.05) is 19.6 Å². The summed E-state index contributed by atoms with van der Waals surface area (Å²) in [5, 5.41) is 1.02. The Labute approximate surface area is 134 Å². The summed E-state index contributed by atoms with van der Waals surface area (Å²) in [5.41, 5.74) is 3.62. The molecule has 1 saturated heterocycles. The average Bonchev–Trinajstić information content (AvgIpc) is 2.93. The van der Waals surface area contributed by atoms with Gasteiger partial charge >= 0.3 is 0 Å². The summed E-state index contributed by atoms with van der Waals surface area (Å²) in [5.74, 6) is 0. The Hall–Kier alpha value is -2.14. The summed E-state index contributed by atoms with van der Waals surface area (Å²) in [6, 6.07) is 6.17. The average molecular weight is 311 g/mol. The van der Waals surface area contributed by atoms with Crippen LogP contribution in [0.15, 0.2) is 29.3 Å². The molecule has 1 aliphatic heterocycles. The van der Waals surface area contributed by atoms with Crippen molar-refractivity contribution >= 4 is 21.9 Å². The third-order valence-electron chi connectivity index (χ3n) is 4.99. The highest BCUT2D eigenvalue weighted by Crippen LogP contribution is 2.21. The van der Waals surface area contributed by atoms with E-state index in [4.69, 9.17) is 0 Å². The molecule has 1 aromatic carbocycles. The zero-order chi connectivity index (χ0) is 15.8. The van der Waals surface area contributed by atoms with Gasteiger partial charge in [-0.1, -0.05) is 12.1 Å². The van der Waals surface area contributed by atoms with Crippen LogP contribution >= 0.6 is 0 Å². The Balaban J connectivity index is 1.67. The molecule has 1 fully saturated rings. The molecule has 0 aliphatic carbocycles. The molecule has 3 heterocycles. The maximum atomic E-state index is 12.7. The minimum atomic E-state index is 0.0419. The van der Waals surface area contributed by atoms with Crippen molar-refractivity contribution in [3.63, 3.8) is 0 Å². The number of nitrogens with one attached hydrogen (secondary N) is 2. The number of quaternary nitrogens is 1. The molecule has 2 N–H and O–H groups in total. The lowest BCUT2D eigenvalue weighted by molar-refractivity contribution is -0.905. The molecule has 4 rings (SSSR count). The predicted octanol–water partition coefficient (Wildman–Crippen LogP) is 1.26. The number of piperidine rings is 1. The van der Waals surface area contributed by atoms with Crippen LogP contribution in [0.2, 0.25) is 0 Å². The van der Waals surface area contributed by atoms with E-state index in [1.54, 1.807) is 15.8 Å². The third-order valence-corrected chi connectivity index (χ3v) is 4.99. The molecule has 1 aliphatic rings. The fourth-order valence-corrected chi connectivity index (χ4v) is 3.65. The lowest BCUT2D eigenvalue weighted by Crippen LogP contribution is -3.13. The van der Waals surface area contributed by atoms with Crippen LogP contribution in [0.3, 0.4) is 0 Å². The largest absolute Gasteiger partial charge is 0.349 e. The molecule has 23 heavy (non-hydrogen) atoms. The second kappa shape index (κ2) is 5.81. The van der Waals surface area contributed by atoms with E-state index >= 15 is 0 Å². The van der Waals surface area contributed by atoms with Gasteiger partial charge in [-0.2, -0.15) is 0 Å². The van der Waals surface area contributed by atoms with Crippen molar-refractivity contribution in [2.45, 2.75) is 32.7 Å². The molecule has 0 spiro atoms. The Morgan fingerprint density at radius 3 is 2.91 bits per heavy atom. The molecule has 0 saturated carbocycles. The number of benzene rings is 1. The standard InChI is InChI=1S/C18H22N4O/c1-13-5-6-14-15(11-13)20-17-16(14)19-12-22(18(17)23)10-9-21-7-3-2-4-8-21/h5-6,11-12,20H,2-4,7-10H2,1H3/p+1. The van der Waals surface area contributed by atoms with Gasteiger partial charge in [-0.05, 0) is 37.8 Å². The van der Waals surface area contributed by atoms with Crippen molar-refractivity contribution in [3.05, 3.63) is 40.4 Å². The third kappa shape index (κ3) is 2.65. The minimum Gasteiger partial charge on any atom is -0.349 e. The second-order valence-corrected chi connectivity index (χ2v) is 6.70. The van der Waals surface area contributed by atoms with Crippen LogP contribution < -0.4 is 10.5 Å². The van der Waals surface area contributed by atoms with E-state index in [9.17, 15) is 4.79 Å². The highest BCUT2D eigenvalue weighted by Gasteiger charge is 2.15. The number of hydrogen-bond acceptors (Lipinski definition) is 2. The van der Waals surface area contributed by atoms with Crippen LogP contribution in [-0.4, -0.2) is 34.2 Å². The predicted molar refractivity (Wildman–Crippen MR) is 92.0 cm³/mol. The van der Waals surface area contributed by atoms with Crippen LogP contribution in [0.4, 0.5) is 0 Å². The number of nitrogens with zero attached hydrogens (tertiary/aromatic N) is 2. The summed E-state index contributed by atoms with van der Waals surface area (Å²) in [4.78, 5) is 22.2. The van der Waals surface area contributed by atoms with Crippen LogP contribution in [-0.2, 0) is 6.54 Å².